The zero-order chi connectivity index (χ0) is 17.8. The van der Waals surface area contributed by atoms with Gasteiger partial charge in [0, 0.05) is 0 Å². The fourth-order valence-electron chi connectivity index (χ4n) is 0.666. The Morgan fingerprint density at radius 1 is 1.24 bits per heavy atom. The molecule has 0 aromatic carbocycles. The van der Waals surface area contributed by atoms with Gasteiger partial charge in [-0.1, -0.05) is 13.8 Å². The Labute approximate surface area is 123 Å². The normalized spacial score (nSPS) is 16.1. The van der Waals surface area contributed by atoms with Crippen molar-refractivity contribution in [2.24, 2.45) is 0 Å². The van der Waals surface area contributed by atoms with Crippen molar-refractivity contribution >= 4 is 6.29 Å². The second-order valence-corrected chi connectivity index (χ2v) is 4.23. The maximum absolute atomic E-state index is 9.98. The highest BCUT2D eigenvalue weighted by Crippen LogP contribution is 2.13. The van der Waals surface area contributed by atoms with Crippen LogP contribution in [0.3, 0.4) is 0 Å². The number of hydrogen-bond donors (Lipinski definition) is 4. The highest BCUT2D eigenvalue weighted by atomic mass is 16.4. The van der Waals surface area contributed by atoms with Crippen LogP contribution in [-0.4, -0.2) is 50.6 Å². The molecule has 0 bridgehead atoms. The first-order valence-corrected chi connectivity index (χ1v) is 5.61. The summed E-state index contributed by atoms with van der Waals surface area (Å²) in [6, 6.07) is 1.32. The molecule has 0 saturated heterocycles. The van der Waals surface area contributed by atoms with Gasteiger partial charge < -0.3 is 35.4 Å². The molecule has 21 heavy (non-hydrogen) atoms. The first kappa shape index (κ1) is 24.1. The number of carbonyl (C=O) groups is 1. The van der Waals surface area contributed by atoms with Gasteiger partial charge in [0.15, 0.2) is 11.9 Å². The van der Waals surface area contributed by atoms with Crippen molar-refractivity contribution in [1.29, 1.82) is 5.26 Å². The molecule has 0 fully saturated rings. The van der Waals surface area contributed by atoms with Gasteiger partial charge in [-0.2, -0.15) is 5.26 Å². The molecule has 4 N–H and O–H groups in total. The standard InChI is InChI=1S/C7H11NO5.2C3H6O/c1-7(13,3-8)6(12)5(11)4(10)2-9;2*1-3(2)4/h2,4-6,10-13H,1H3;2*4H,1H2,2H3/p-2/t4-,5+,6+,7-;;/m1../s1. The minimum atomic E-state index is -2.20. The minimum Gasteiger partial charge on any atom is -0.876 e. The Bertz CT molecular complexity index is 353. The molecule has 0 spiro atoms. The van der Waals surface area contributed by atoms with E-state index in [2.05, 4.69) is 13.2 Å². The lowest BCUT2D eigenvalue weighted by Gasteiger charge is -2.27. The summed E-state index contributed by atoms with van der Waals surface area (Å²) in [5.41, 5.74) is -2.20. The Balaban J connectivity index is -0.000000334. The van der Waals surface area contributed by atoms with Crippen LogP contribution in [0.1, 0.15) is 20.8 Å². The predicted octanol–water partition coefficient (Wildman–Crippen LogP) is -2.70. The van der Waals surface area contributed by atoms with E-state index in [9.17, 15) is 15.0 Å². The highest BCUT2D eigenvalue weighted by molar-refractivity contribution is 5.56. The molecule has 8 nitrogen and oxygen atoms in total. The summed E-state index contributed by atoms with van der Waals surface area (Å²) in [6.07, 6.45) is -5.61. The highest BCUT2D eigenvalue weighted by Gasteiger charge is 2.38. The maximum atomic E-state index is 9.98. The first-order chi connectivity index (χ1) is 9.33. The van der Waals surface area contributed by atoms with E-state index in [1.807, 2.05) is 0 Å². The Morgan fingerprint density at radius 3 is 1.71 bits per heavy atom. The third-order valence-corrected chi connectivity index (χ3v) is 1.62. The zero-order valence-corrected chi connectivity index (χ0v) is 12.2. The van der Waals surface area contributed by atoms with E-state index in [0.29, 0.717) is 0 Å². The molecule has 0 rings (SSSR count). The Hall–Kier alpha value is -1.92. The molecular weight excluding hydrogens is 282 g/mol. The minimum absolute atomic E-state index is 0.00133. The van der Waals surface area contributed by atoms with Gasteiger partial charge in [-0.3, -0.25) is 0 Å². The van der Waals surface area contributed by atoms with Crippen molar-refractivity contribution in [2.75, 3.05) is 0 Å². The van der Waals surface area contributed by atoms with E-state index in [4.69, 9.17) is 25.7 Å². The smallest absolute Gasteiger partial charge is 0.176 e. The van der Waals surface area contributed by atoms with Crippen molar-refractivity contribution < 1.29 is 35.4 Å². The van der Waals surface area contributed by atoms with Crippen LogP contribution >= 0.6 is 0 Å². The van der Waals surface area contributed by atoms with Crippen LogP contribution < -0.4 is 10.2 Å². The summed E-state index contributed by atoms with van der Waals surface area (Å²) in [4.78, 5) is 9.98. The fourth-order valence-corrected chi connectivity index (χ4v) is 0.666. The molecule has 122 valence electrons. The number of aldehydes is 1. The molecule has 0 radical (unpaired) electrons. The molecule has 0 aromatic heterocycles. The zero-order valence-electron chi connectivity index (χ0n) is 12.2. The number of aliphatic hydroxyl groups is 4. The number of rotatable bonds is 4. The number of nitriles is 1. The number of hydrogen-bond acceptors (Lipinski definition) is 8. The number of nitrogens with zero attached hydrogens (tertiary/aromatic N) is 1. The molecule has 0 saturated carbocycles. The van der Waals surface area contributed by atoms with Gasteiger partial charge >= 0.3 is 0 Å². The molecule has 0 aliphatic carbocycles. The van der Waals surface area contributed by atoms with Gasteiger partial charge in [-0.15, -0.1) is 24.7 Å². The molecule has 0 amide bonds. The molecule has 4 atom stereocenters. The van der Waals surface area contributed by atoms with E-state index >= 15 is 0 Å². The second kappa shape index (κ2) is 11.9. The van der Waals surface area contributed by atoms with Gasteiger partial charge in [-0.25, -0.2) is 0 Å². The molecular formula is C13H21NO7-2. The summed E-state index contributed by atoms with van der Waals surface area (Å²) in [6.45, 7) is 9.79. The van der Waals surface area contributed by atoms with Crippen LogP contribution in [0.15, 0.2) is 24.7 Å². The van der Waals surface area contributed by atoms with E-state index in [1.165, 1.54) is 19.9 Å². The van der Waals surface area contributed by atoms with Gasteiger partial charge in [0.1, 0.15) is 18.3 Å². The molecule has 0 unspecified atom stereocenters. The molecule has 0 aromatic rings. The number of aliphatic hydroxyl groups excluding tert-OH is 3. The monoisotopic (exact) mass is 303 g/mol. The lowest BCUT2D eigenvalue weighted by molar-refractivity contribution is -0.301. The van der Waals surface area contributed by atoms with Crippen LogP contribution in [0.5, 0.6) is 0 Å². The van der Waals surface area contributed by atoms with E-state index in [0.717, 1.165) is 6.92 Å². The van der Waals surface area contributed by atoms with Gasteiger partial charge in [0.2, 0.25) is 0 Å². The van der Waals surface area contributed by atoms with Crippen LogP contribution in [0, 0.1) is 11.3 Å². The second-order valence-electron chi connectivity index (χ2n) is 4.23. The number of allylic oxidation sites excluding steroid dienone is 2. The van der Waals surface area contributed by atoms with Gasteiger partial charge in [-0.05, 0) is 6.92 Å². The molecule has 0 heterocycles. The lowest BCUT2D eigenvalue weighted by atomic mass is 9.94. The van der Waals surface area contributed by atoms with Crippen molar-refractivity contribution in [1.82, 2.24) is 0 Å². The third kappa shape index (κ3) is 16.0. The van der Waals surface area contributed by atoms with Crippen LogP contribution in [0.4, 0.5) is 0 Å². The van der Waals surface area contributed by atoms with Crippen molar-refractivity contribution in [3.8, 4) is 6.07 Å². The molecule has 0 aliphatic rings. The Kier molecular flexibility index (Phi) is 13.6. The van der Waals surface area contributed by atoms with Gasteiger partial charge in [0.05, 0.1) is 6.07 Å². The third-order valence-electron chi connectivity index (χ3n) is 1.62. The van der Waals surface area contributed by atoms with E-state index in [-0.39, 0.29) is 17.8 Å². The summed E-state index contributed by atoms with van der Waals surface area (Å²) >= 11 is 0. The topological polar surface area (TPSA) is 168 Å². The van der Waals surface area contributed by atoms with Crippen LogP contribution in [-0.2, 0) is 4.79 Å². The quantitative estimate of drug-likeness (QED) is 0.247. The van der Waals surface area contributed by atoms with Crippen molar-refractivity contribution in [3.05, 3.63) is 24.7 Å². The fraction of sp³-hybridized carbons (Fsp3) is 0.538. The first-order valence-electron chi connectivity index (χ1n) is 5.61. The summed E-state index contributed by atoms with van der Waals surface area (Å²) in [5, 5.41) is 63.0. The van der Waals surface area contributed by atoms with Gasteiger partial charge in [0.25, 0.3) is 0 Å². The van der Waals surface area contributed by atoms with Crippen molar-refractivity contribution in [2.45, 2.75) is 44.7 Å². The van der Waals surface area contributed by atoms with E-state index in [1.54, 1.807) is 0 Å². The van der Waals surface area contributed by atoms with Crippen molar-refractivity contribution in [3.63, 3.8) is 0 Å². The molecule has 0 aliphatic heterocycles. The number of carbonyl (C=O) groups excluding carboxylic acids is 1. The summed E-state index contributed by atoms with van der Waals surface area (Å²) in [5.74, 6) is -0.167. The maximum Gasteiger partial charge on any atom is 0.176 e. The average Bonchev–Trinajstić information content (AvgIpc) is 2.34. The largest absolute Gasteiger partial charge is 0.876 e. The average molecular weight is 303 g/mol. The molecule has 8 heteroatoms. The Morgan fingerprint density at radius 2 is 1.52 bits per heavy atom. The SMILES string of the molecule is C=C(C)[O-].C=C(C)[O-].C[C@@](O)(C#N)[C@@H](O)[C@@H](O)[C@H](O)C=O. The van der Waals surface area contributed by atoms with Crippen LogP contribution in [0.25, 0.3) is 0 Å². The summed E-state index contributed by atoms with van der Waals surface area (Å²) in [7, 11) is 0. The van der Waals surface area contributed by atoms with Crippen LogP contribution in [0.2, 0.25) is 0 Å². The lowest BCUT2D eigenvalue weighted by Crippen LogP contribution is -2.50. The predicted molar refractivity (Wildman–Crippen MR) is 69.9 cm³/mol. The van der Waals surface area contributed by atoms with E-state index < -0.39 is 23.9 Å². The summed E-state index contributed by atoms with van der Waals surface area (Å²) < 4.78 is 0.